The highest BCUT2D eigenvalue weighted by atomic mass is 79.9. The molecule has 0 aliphatic carbocycles. The average Bonchev–Trinajstić information content (AvgIpc) is 2.37. The monoisotopic (exact) mass is 343 g/mol. The van der Waals surface area contributed by atoms with Crippen molar-refractivity contribution in [1.82, 2.24) is 15.0 Å². The first-order chi connectivity index (χ1) is 9.60. The molecule has 1 aromatic heterocycles. The molecule has 0 saturated heterocycles. The lowest BCUT2D eigenvalue weighted by Crippen LogP contribution is -2.12. The molecule has 0 spiro atoms. The summed E-state index contributed by atoms with van der Waals surface area (Å²) in [5.74, 6) is 5.10. The van der Waals surface area contributed by atoms with E-state index in [4.69, 9.17) is 15.3 Å². The normalized spacial score (nSPS) is 10.2. The lowest BCUT2D eigenvalue weighted by Gasteiger charge is -2.08. The van der Waals surface area contributed by atoms with Gasteiger partial charge in [0, 0.05) is 10.5 Å². The number of rotatable bonds is 5. The zero-order chi connectivity index (χ0) is 14.5. The first-order valence-corrected chi connectivity index (χ1v) is 6.39. The van der Waals surface area contributed by atoms with Crippen molar-refractivity contribution < 1.29 is 13.9 Å². The molecule has 0 atom stereocenters. The first-order valence-electron chi connectivity index (χ1n) is 5.60. The van der Waals surface area contributed by atoms with E-state index in [1.807, 2.05) is 0 Å². The smallest absolute Gasteiger partial charge is 0.330 e. The molecule has 9 heteroatoms. The summed E-state index contributed by atoms with van der Waals surface area (Å²) in [6.45, 7) is 2.16. The molecule has 0 aliphatic rings. The van der Waals surface area contributed by atoms with E-state index in [1.54, 1.807) is 13.0 Å². The summed E-state index contributed by atoms with van der Waals surface area (Å²) in [5.41, 5.74) is 2.27. The third kappa shape index (κ3) is 3.75. The van der Waals surface area contributed by atoms with Gasteiger partial charge in [0.25, 0.3) is 0 Å². The van der Waals surface area contributed by atoms with Crippen LogP contribution in [0.3, 0.4) is 0 Å². The molecule has 0 aliphatic heterocycles. The topological polar surface area (TPSA) is 95.2 Å². The number of aromatic nitrogens is 3. The third-order valence-electron chi connectivity index (χ3n) is 2.04. The Hall–Kier alpha value is -2.00. The fourth-order valence-electron chi connectivity index (χ4n) is 1.33. The van der Waals surface area contributed by atoms with Crippen LogP contribution in [0, 0.1) is 5.82 Å². The molecule has 2 aromatic rings. The molecule has 0 amide bonds. The molecule has 0 bridgehead atoms. The van der Waals surface area contributed by atoms with Crippen molar-refractivity contribution in [2.24, 2.45) is 5.84 Å². The van der Waals surface area contributed by atoms with Gasteiger partial charge in [0.2, 0.25) is 5.95 Å². The van der Waals surface area contributed by atoms with Crippen LogP contribution in [-0.4, -0.2) is 21.6 Å². The van der Waals surface area contributed by atoms with Crippen molar-refractivity contribution in [1.29, 1.82) is 0 Å². The quantitative estimate of drug-likeness (QED) is 0.634. The van der Waals surface area contributed by atoms with Gasteiger partial charge in [-0.15, -0.1) is 4.98 Å². The summed E-state index contributed by atoms with van der Waals surface area (Å²) in [4.78, 5) is 11.7. The van der Waals surface area contributed by atoms with Crippen LogP contribution >= 0.6 is 15.9 Å². The van der Waals surface area contributed by atoms with Gasteiger partial charge in [-0.2, -0.15) is 9.97 Å². The molecule has 20 heavy (non-hydrogen) atoms. The minimum absolute atomic E-state index is 0.0564. The van der Waals surface area contributed by atoms with Crippen LogP contribution in [-0.2, 0) is 0 Å². The Labute approximate surface area is 122 Å². The van der Waals surface area contributed by atoms with E-state index in [1.165, 1.54) is 12.1 Å². The Kier molecular flexibility index (Phi) is 4.64. The van der Waals surface area contributed by atoms with Crippen LogP contribution in [0.25, 0.3) is 0 Å². The number of ether oxygens (including phenoxy) is 2. The Bertz CT molecular complexity index is 593. The molecule has 0 saturated carbocycles. The SMILES string of the molecule is CCOc1nc(NN)nc(Oc2cc(F)cc(Br)c2)n1. The maximum absolute atomic E-state index is 13.3. The number of nitrogens with two attached hydrogens (primary N) is 1. The van der Waals surface area contributed by atoms with Crippen molar-refractivity contribution in [3.63, 3.8) is 0 Å². The number of hydrazine groups is 1. The number of nitrogens with zero attached hydrogens (tertiary/aromatic N) is 3. The maximum Gasteiger partial charge on any atom is 0.330 e. The van der Waals surface area contributed by atoms with Gasteiger partial charge in [0.05, 0.1) is 6.61 Å². The van der Waals surface area contributed by atoms with E-state index in [2.05, 4.69) is 36.3 Å². The van der Waals surface area contributed by atoms with Crippen molar-refractivity contribution >= 4 is 21.9 Å². The van der Waals surface area contributed by atoms with E-state index >= 15 is 0 Å². The van der Waals surface area contributed by atoms with Gasteiger partial charge in [-0.05, 0) is 19.1 Å². The van der Waals surface area contributed by atoms with Crippen LogP contribution in [0.1, 0.15) is 6.92 Å². The van der Waals surface area contributed by atoms with Crippen LogP contribution < -0.4 is 20.7 Å². The van der Waals surface area contributed by atoms with E-state index in [-0.39, 0.29) is 23.7 Å². The zero-order valence-electron chi connectivity index (χ0n) is 10.4. The van der Waals surface area contributed by atoms with Crippen molar-refractivity contribution in [3.8, 4) is 17.8 Å². The number of hydrogen-bond donors (Lipinski definition) is 2. The van der Waals surface area contributed by atoms with Gasteiger partial charge < -0.3 is 9.47 Å². The first kappa shape index (κ1) is 14.4. The average molecular weight is 344 g/mol. The lowest BCUT2D eigenvalue weighted by atomic mass is 10.3. The van der Waals surface area contributed by atoms with E-state index in [9.17, 15) is 4.39 Å². The van der Waals surface area contributed by atoms with Crippen molar-refractivity contribution in [2.45, 2.75) is 6.92 Å². The third-order valence-corrected chi connectivity index (χ3v) is 2.50. The maximum atomic E-state index is 13.3. The summed E-state index contributed by atoms with van der Waals surface area (Å²) < 4.78 is 24.3. The standard InChI is InChI=1S/C11H11BrFN5O2/c1-2-19-10-15-9(18-14)16-11(17-10)20-8-4-6(12)3-7(13)5-8/h3-5H,2,14H2,1H3,(H,15,16,17,18). The van der Waals surface area contributed by atoms with Crippen LogP contribution in [0.15, 0.2) is 22.7 Å². The number of hydrogen-bond acceptors (Lipinski definition) is 7. The van der Waals surface area contributed by atoms with E-state index < -0.39 is 5.82 Å². The van der Waals surface area contributed by atoms with Gasteiger partial charge >= 0.3 is 12.0 Å². The molecule has 7 nitrogen and oxygen atoms in total. The van der Waals surface area contributed by atoms with Gasteiger partial charge in [-0.1, -0.05) is 15.9 Å². The number of anilines is 1. The lowest BCUT2D eigenvalue weighted by molar-refractivity contribution is 0.303. The highest BCUT2D eigenvalue weighted by Crippen LogP contribution is 2.25. The van der Waals surface area contributed by atoms with Gasteiger partial charge in [-0.3, -0.25) is 5.43 Å². The van der Waals surface area contributed by atoms with Crippen LogP contribution in [0.5, 0.6) is 17.8 Å². The number of halogens is 2. The Morgan fingerprint density at radius 1 is 1.25 bits per heavy atom. The molecular formula is C11H11BrFN5O2. The van der Waals surface area contributed by atoms with Gasteiger partial charge in [0.15, 0.2) is 0 Å². The molecule has 1 heterocycles. The highest BCUT2D eigenvalue weighted by Gasteiger charge is 2.10. The molecule has 1 aromatic carbocycles. The fourth-order valence-corrected chi connectivity index (χ4v) is 1.78. The molecule has 2 rings (SSSR count). The molecule has 0 fully saturated rings. The Morgan fingerprint density at radius 2 is 2.00 bits per heavy atom. The fraction of sp³-hybridized carbons (Fsp3) is 0.182. The Morgan fingerprint density at radius 3 is 2.65 bits per heavy atom. The van der Waals surface area contributed by atoms with Crippen LogP contribution in [0.2, 0.25) is 0 Å². The minimum atomic E-state index is -0.453. The second-order valence-electron chi connectivity index (χ2n) is 3.51. The van der Waals surface area contributed by atoms with Crippen molar-refractivity contribution in [2.75, 3.05) is 12.0 Å². The zero-order valence-corrected chi connectivity index (χ0v) is 12.0. The number of nitrogen functional groups attached to an aromatic ring is 1. The molecular weight excluding hydrogens is 333 g/mol. The largest absolute Gasteiger partial charge is 0.464 e. The summed E-state index contributed by atoms with van der Waals surface area (Å²) in [6.07, 6.45) is 0. The highest BCUT2D eigenvalue weighted by molar-refractivity contribution is 9.10. The second kappa shape index (κ2) is 6.44. The second-order valence-corrected chi connectivity index (χ2v) is 4.42. The molecule has 0 unspecified atom stereocenters. The Balaban J connectivity index is 2.29. The van der Waals surface area contributed by atoms with Gasteiger partial charge in [-0.25, -0.2) is 10.2 Å². The summed E-state index contributed by atoms with van der Waals surface area (Å²) in [5, 5.41) is 0. The minimum Gasteiger partial charge on any atom is -0.464 e. The van der Waals surface area contributed by atoms with E-state index in [0.29, 0.717) is 11.1 Å². The van der Waals surface area contributed by atoms with Crippen molar-refractivity contribution in [3.05, 3.63) is 28.5 Å². The predicted octanol–water partition coefficient (Wildman–Crippen LogP) is 2.25. The van der Waals surface area contributed by atoms with Crippen LogP contribution in [0.4, 0.5) is 10.3 Å². The van der Waals surface area contributed by atoms with E-state index in [0.717, 1.165) is 0 Å². The molecule has 3 N–H and O–H groups in total. The molecule has 0 radical (unpaired) electrons. The summed E-state index contributed by atoms with van der Waals surface area (Å²) >= 11 is 3.16. The summed E-state index contributed by atoms with van der Waals surface area (Å²) in [6, 6.07) is 4.07. The van der Waals surface area contributed by atoms with Gasteiger partial charge in [0.1, 0.15) is 11.6 Å². The summed E-state index contributed by atoms with van der Waals surface area (Å²) in [7, 11) is 0. The number of benzene rings is 1. The molecule has 106 valence electrons. The number of nitrogens with one attached hydrogen (secondary N) is 1. The predicted molar refractivity (Wildman–Crippen MR) is 73.0 cm³/mol.